The van der Waals surface area contributed by atoms with E-state index >= 15 is 0 Å². The number of para-hydroxylation sites is 1. The molecule has 42 heavy (non-hydrogen) atoms. The normalized spacial score (nSPS) is 50.1. The van der Waals surface area contributed by atoms with Gasteiger partial charge in [-0.15, -0.1) is 0 Å². The lowest BCUT2D eigenvalue weighted by Crippen LogP contribution is -2.82. The molecule has 232 valence electrons. The lowest BCUT2D eigenvalue weighted by atomic mass is 9.42. The Balaban J connectivity index is 1.41. The summed E-state index contributed by atoms with van der Waals surface area (Å²) in [6.07, 6.45) is 1.22. The number of hydrogen-bond acceptors (Lipinski definition) is 10. The number of fused-ring (bicyclic) bond motifs is 2. The number of esters is 1. The number of likely N-dealkylation sites (tertiary alicyclic amines) is 1. The molecule has 6 aliphatic rings. The van der Waals surface area contributed by atoms with Crippen LogP contribution >= 0.6 is 0 Å². The Labute approximate surface area is 247 Å². The van der Waals surface area contributed by atoms with Gasteiger partial charge in [-0.05, 0) is 43.9 Å². The first-order valence-corrected chi connectivity index (χ1v) is 15.5. The number of piperidine rings is 1. The van der Waals surface area contributed by atoms with Gasteiger partial charge in [0.15, 0.2) is 0 Å². The molecular weight excluding hydrogens is 540 g/mol. The summed E-state index contributed by atoms with van der Waals surface area (Å²) in [7, 11) is 6.80. The molecule has 1 aromatic rings. The lowest BCUT2D eigenvalue weighted by Gasteiger charge is -2.70. The molecule has 7 rings (SSSR count). The van der Waals surface area contributed by atoms with E-state index in [1.165, 1.54) is 0 Å². The van der Waals surface area contributed by atoms with Crippen molar-refractivity contribution in [3.05, 3.63) is 29.8 Å². The van der Waals surface area contributed by atoms with Gasteiger partial charge < -0.3 is 39.6 Å². The third-order valence-corrected chi connectivity index (χ3v) is 13.0. The maximum Gasteiger partial charge on any atom is 0.340 e. The van der Waals surface area contributed by atoms with Gasteiger partial charge in [0, 0.05) is 75.7 Å². The number of nitrogen functional groups attached to an aromatic ring is 1. The van der Waals surface area contributed by atoms with E-state index in [2.05, 4.69) is 11.8 Å². The average Bonchev–Trinajstić information content (AvgIpc) is 3.41. The van der Waals surface area contributed by atoms with Crippen molar-refractivity contribution >= 4 is 11.7 Å². The van der Waals surface area contributed by atoms with Crippen molar-refractivity contribution in [1.82, 2.24) is 4.90 Å². The molecule has 10 heteroatoms. The Bertz CT molecular complexity index is 1250. The third kappa shape index (κ3) is 3.12. The molecule has 0 radical (unpaired) electrons. The number of nitrogens with two attached hydrogens (primary N) is 1. The maximum atomic E-state index is 13.4. The van der Waals surface area contributed by atoms with Crippen LogP contribution in [0.1, 0.15) is 43.0 Å². The summed E-state index contributed by atoms with van der Waals surface area (Å²) in [5.74, 6) is -0.892. The van der Waals surface area contributed by atoms with Crippen molar-refractivity contribution in [1.29, 1.82) is 0 Å². The van der Waals surface area contributed by atoms with Gasteiger partial charge >= 0.3 is 5.97 Å². The number of methoxy groups -OCH3 is 4. The van der Waals surface area contributed by atoms with Crippen molar-refractivity contribution in [2.24, 2.45) is 34.5 Å². The zero-order valence-corrected chi connectivity index (χ0v) is 25.3. The minimum atomic E-state index is -1.62. The van der Waals surface area contributed by atoms with E-state index in [1.54, 1.807) is 52.7 Å². The number of carbonyl (C=O) groups excluding carboxylic acids is 1. The highest BCUT2D eigenvalue weighted by atomic mass is 16.5. The van der Waals surface area contributed by atoms with E-state index in [-0.39, 0.29) is 48.6 Å². The number of ether oxygens (including phenoxy) is 5. The number of anilines is 1. The molecule has 10 nitrogen and oxygen atoms in total. The molecule has 6 fully saturated rings. The molecule has 10 unspecified atom stereocenters. The van der Waals surface area contributed by atoms with Crippen LogP contribution in [-0.2, 0) is 23.7 Å². The Morgan fingerprint density at radius 3 is 2.50 bits per heavy atom. The summed E-state index contributed by atoms with van der Waals surface area (Å²) in [6.45, 7) is 3.54. The highest BCUT2D eigenvalue weighted by Gasteiger charge is 2.91. The van der Waals surface area contributed by atoms with Crippen molar-refractivity contribution in [2.75, 3.05) is 53.9 Å². The Morgan fingerprint density at radius 2 is 1.86 bits per heavy atom. The number of aliphatic hydroxyl groups is 2. The van der Waals surface area contributed by atoms with E-state index in [0.717, 1.165) is 19.3 Å². The number of likely N-dealkylation sites (N-methyl/N-ethyl adjacent to an activating group) is 1. The first-order valence-electron chi connectivity index (χ1n) is 15.5. The molecule has 0 amide bonds. The van der Waals surface area contributed by atoms with Gasteiger partial charge in [-0.1, -0.05) is 19.1 Å². The Kier molecular flexibility index (Phi) is 6.62. The predicted molar refractivity (Wildman–Crippen MR) is 153 cm³/mol. The summed E-state index contributed by atoms with van der Waals surface area (Å²) in [5, 5.41) is 26.3. The van der Waals surface area contributed by atoms with Gasteiger partial charge in [-0.25, -0.2) is 4.79 Å². The predicted octanol–water partition coefficient (Wildman–Crippen LogP) is 1.72. The number of benzene rings is 1. The number of rotatable bonds is 8. The zero-order chi connectivity index (χ0) is 29.8. The van der Waals surface area contributed by atoms with Gasteiger partial charge in [0.1, 0.15) is 11.2 Å². The highest BCUT2D eigenvalue weighted by molar-refractivity contribution is 5.95. The van der Waals surface area contributed by atoms with Crippen LogP contribution < -0.4 is 5.73 Å². The monoisotopic (exact) mass is 586 g/mol. The SMILES string of the molecule is CCN1C[C@]2(COC(=O)c3ccccc3N)CCC(OC)C34C5CC6C(OC)C5[C@](O)(C[C@@H]6OC)C(O)(C(OC)C32)C14. The van der Waals surface area contributed by atoms with Gasteiger partial charge in [0.05, 0.1) is 42.6 Å². The van der Waals surface area contributed by atoms with Crippen LogP contribution in [0, 0.1) is 34.5 Å². The van der Waals surface area contributed by atoms with Gasteiger partial charge in [-0.2, -0.15) is 0 Å². The van der Waals surface area contributed by atoms with E-state index < -0.39 is 40.1 Å². The van der Waals surface area contributed by atoms with E-state index in [1.807, 2.05) is 0 Å². The first kappa shape index (κ1) is 29.0. The van der Waals surface area contributed by atoms with Gasteiger partial charge in [0.2, 0.25) is 0 Å². The molecule has 4 N–H and O–H groups in total. The van der Waals surface area contributed by atoms with Crippen LogP contribution in [-0.4, -0.2) is 111 Å². The molecule has 5 aliphatic carbocycles. The number of nitrogens with zero attached hydrogens (tertiary/aromatic N) is 1. The van der Waals surface area contributed by atoms with Crippen LogP contribution in [0.25, 0.3) is 0 Å². The number of carbonyl (C=O) groups is 1. The molecule has 1 aromatic carbocycles. The quantitative estimate of drug-likeness (QED) is 0.306. The van der Waals surface area contributed by atoms with Crippen molar-refractivity contribution in [3.63, 3.8) is 0 Å². The Morgan fingerprint density at radius 1 is 1.10 bits per heavy atom. The van der Waals surface area contributed by atoms with Gasteiger partial charge in [0.25, 0.3) is 0 Å². The molecule has 1 saturated heterocycles. The number of hydrogen-bond donors (Lipinski definition) is 3. The third-order valence-electron chi connectivity index (χ3n) is 13.0. The summed E-state index contributed by atoms with van der Waals surface area (Å²) < 4.78 is 31.1. The van der Waals surface area contributed by atoms with Crippen LogP contribution in [0.5, 0.6) is 0 Å². The standard InChI is InChI=1S/C32H46N2O8/c1-6-34-15-29(16-42-27(35)17-9-7-8-10-20(17)33)12-11-22(39-3)31-19-13-18-21(38-2)14-30(36,23(19)24(18)40-4)32(37,28(31)34)26(41-5)25(29)31/h7-10,18-19,21-26,28,36-37H,6,11-16,33H2,1-5H3/t18?,19?,21-,22?,23?,24?,25?,26?,28?,29-,30+,31?,32?/m0/s1. The molecule has 1 heterocycles. The lowest BCUT2D eigenvalue weighted by molar-refractivity contribution is -0.320. The maximum absolute atomic E-state index is 13.4. The minimum absolute atomic E-state index is 0.00697. The molecule has 0 aromatic heterocycles. The average molecular weight is 587 g/mol. The van der Waals surface area contributed by atoms with Crippen LogP contribution in [0.2, 0.25) is 0 Å². The van der Waals surface area contributed by atoms with Crippen molar-refractivity contribution in [2.45, 2.75) is 74.3 Å². The zero-order valence-electron chi connectivity index (χ0n) is 25.3. The fourth-order valence-electron chi connectivity index (χ4n) is 12.0. The van der Waals surface area contributed by atoms with Crippen molar-refractivity contribution < 1.29 is 38.7 Å². The van der Waals surface area contributed by atoms with Gasteiger partial charge in [-0.3, -0.25) is 4.90 Å². The summed E-state index contributed by atoms with van der Waals surface area (Å²) in [4.78, 5) is 15.7. The second kappa shape index (κ2) is 9.60. The minimum Gasteiger partial charge on any atom is -0.461 e. The molecule has 13 atom stereocenters. The topological polar surface area (TPSA) is 133 Å². The van der Waals surface area contributed by atoms with E-state index in [4.69, 9.17) is 29.4 Å². The Hall–Kier alpha value is -1.79. The largest absolute Gasteiger partial charge is 0.461 e. The van der Waals surface area contributed by atoms with Crippen molar-refractivity contribution in [3.8, 4) is 0 Å². The van der Waals surface area contributed by atoms with E-state index in [0.29, 0.717) is 30.8 Å². The second-order valence-electron chi connectivity index (χ2n) is 13.8. The van der Waals surface area contributed by atoms with E-state index in [9.17, 15) is 15.0 Å². The first-order chi connectivity index (χ1) is 20.1. The fraction of sp³-hybridized carbons (Fsp3) is 0.781. The molecule has 1 spiro atoms. The highest BCUT2D eigenvalue weighted by Crippen LogP contribution is 2.80. The molecule has 5 saturated carbocycles. The van der Waals surface area contributed by atoms with Crippen LogP contribution in [0.15, 0.2) is 24.3 Å². The summed E-state index contributed by atoms with van der Waals surface area (Å²) in [6, 6.07) is 6.55. The van der Waals surface area contributed by atoms with Crippen LogP contribution in [0.3, 0.4) is 0 Å². The molecular formula is C32H46N2O8. The smallest absolute Gasteiger partial charge is 0.340 e. The summed E-state index contributed by atoms with van der Waals surface area (Å²) in [5.41, 5.74) is 2.65. The van der Waals surface area contributed by atoms with Crippen LogP contribution in [0.4, 0.5) is 5.69 Å². The molecule has 1 aliphatic heterocycles. The second-order valence-corrected chi connectivity index (χ2v) is 13.8. The molecule has 7 bridgehead atoms. The summed E-state index contributed by atoms with van der Waals surface area (Å²) >= 11 is 0. The fourth-order valence-corrected chi connectivity index (χ4v) is 12.0.